The molecule has 1 aliphatic rings. The van der Waals surface area contributed by atoms with E-state index in [1.165, 1.54) is 0 Å². The fourth-order valence-corrected chi connectivity index (χ4v) is 1.38. The van der Waals surface area contributed by atoms with Gasteiger partial charge >= 0.3 is 0 Å². The number of alkyl halides is 2. The van der Waals surface area contributed by atoms with E-state index in [-0.39, 0.29) is 24.3 Å². The highest BCUT2D eigenvalue weighted by atomic mass is 19.3. The number of terminal acetylenes is 1. The first-order valence-electron chi connectivity index (χ1n) is 4.45. The molecule has 0 heterocycles. The molecule has 3 heteroatoms. The molecule has 0 unspecified atom stereocenters. The second-order valence-corrected chi connectivity index (χ2v) is 4.28. The third-order valence-corrected chi connectivity index (χ3v) is 2.37. The SMILES string of the molecule is C#CC(C)(C)NCC1CC(F)(F)C1. The van der Waals surface area contributed by atoms with Gasteiger partial charge in [-0.05, 0) is 26.3 Å². The molecular formula is C10H15F2N. The third kappa shape index (κ3) is 2.96. The molecule has 0 aromatic rings. The highest BCUT2D eigenvalue weighted by Gasteiger charge is 2.45. The van der Waals surface area contributed by atoms with E-state index < -0.39 is 5.92 Å². The summed E-state index contributed by atoms with van der Waals surface area (Å²) in [4.78, 5) is 0. The highest BCUT2D eigenvalue weighted by molar-refractivity contribution is 5.07. The summed E-state index contributed by atoms with van der Waals surface area (Å²) in [5.41, 5.74) is -0.384. The fraction of sp³-hybridized carbons (Fsp3) is 0.800. The van der Waals surface area contributed by atoms with Crippen molar-refractivity contribution in [2.75, 3.05) is 6.54 Å². The Balaban J connectivity index is 2.20. The monoisotopic (exact) mass is 187 g/mol. The number of hydrogen-bond acceptors (Lipinski definition) is 1. The molecule has 0 spiro atoms. The molecule has 1 saturated carbocycles. The van der Waals surface area contributed by atoms with Crippen molar-refractivity contribution in [3.05, 3.63) is 0 Å². The summed E-state index contributed by atoms with van der Waals surface area (Å²) in [7, 11) is 0. The van der Waals surface area contributed by atoms with Crippen LogP contribution in [0.2, 0.25) is 0 Å². The van der Waals surface area contributed by atoms with Crippen LogP contribution in [0, 0.1) is 18.3 Å². The van der Waals surface area contributed by atoms with E-state index in [1.54, 1.807) is 0 Å². The zero-order valence-electron chi connectivity index (χ0n) is 8.03. The van der Waals surface area contributed by atoms with Crippen molar-refractivity contribution in [2.24, 2.45) is 5.92 Å². The standard InChI is InChI=1S/C10H15F2N/c1-4-9(2,3)13-7-8-5-10(11,12)6-8/h1,8,13H,5-7H2,2-3H3. The first kappa shape index (κ1) is 10.5. The first-order chi connectivity index (χ1) is 5.85. The Morgan fingerprint density at radius 2 is 2.08 bits per heavy atom. The lowest BCUT2D eigenvalue weighted by atomic mass is 9.81. The van der Waals surface area contributed by atoms with Gasteiger partial charge in [0, 0.05) is 12.8 Å². The van der Waals surface area contributed by atoms with Crippen molar-refractivity contribution >= 4 is 0 Å². The van der Waals surface area contributed by atoms with Gasteiger partial charge in [-0.2, -0.15) is 0 Å². The van der Waals surface area contributed by atoms with Crippen LogP contribution in [-0.4, -0.2) is 18.0 Å². The molecule has 1 rings (SSSR count). The summed E-state index contributed by atoms with van der Waals surface area (Å²) >= 11 is 0. The maximum Gasteiger partial charge on any atom is 0.248 e. The molecule has 1 aliphatic carbocycles. The lowest BCUT2D eigenvalue weighted by molar-refractivity contribution is -0.109. The van der Waals surface area contributed by atoms with Crippen molar-refractivity contribution in [3.8, 4) is 12.3 Å². The van der Waals surface area contributed by atoms with Gasteiger partial charge in [-0.15, -0.1) is 6.42 Å². The van der Waals surface area contributed by atoms with Crippen LogP contribution in [0.15, 0.2) is 0 Å². The second-order valence-electron chi connectivity index (χ2n) is 4.28. The minimum atomic E-state index is -2.42. The van der Waals surface area contributed by atoms with E-state index in [1.807, 2.05) is 13.8 Å². The van der Waals surface area contributed by atoms with Gasteiger partial charge in [0.25, 0.3) is 0 Å². The van der Waals surface area contributed by atoms with Gasteiger partial charge in [0.15, 0.2) is 0 Å². The van der Waals surface area contributed by atoms with E-state index in [0.29, 0.717) is 6.54 Å². The molecule has 0 aliphatic heterocycles. The quantitative estimate of drug-likeness (QED) is 0.667. The molecule has 1 nitrogen and oxygen atoms in total. The Hall–Kier alpha value is -0.620. The van der Waals surface area contributed by atoms with Crippen LogP contribution in [0.4, 0.5) is 8.78 Å². The van der Waals surface area contributed by atoms with Gasteiger partial charge in [-0.25, -0.2) is 8.78 Å². The Morgan fingerprint density at radius 1 is 1.54 bits per heavy atom. The van der Waals surface area contributed by atoms with Gasteiger partial charge < -0.3 is 5.32 Å². The Bertz CT molecular complexity index is 220. The Morgan fingerprint density at radius 3 is 2.46 bits per heavy atom. The number of hydrogen-bond donors (Lipinski definition) is 1. The Labute approximate surface area is 77.9 Å². The smallest absolute Gasteiger partial charge is 0.248 e. The lowest BCUT2D eigenvalue weighted by Crippen LogP contribution is -2.46. The average Bonchev–Trinajstić information content (AvgIpc) is 1.97. The van der Waals surface area contributed by atoms with E-state index in [9.17, 15) is 8.78 Å². The molecule has 0 radical (unpaired) electrons. The van der Waals surface area contributed by atoms with E-state index in [4.69, 9.17) is 6.42 Å². The topological polar surface area (TPSA) is 12.0 Å². The highest BCUT2D eigenvalue weighted by Crippen LogP contribution is 2.41. The molecule has 1 N–H and O–H groups in total. The van der Waals surface area contributed by atoms with Gasteiger partial charge in [0.05, 0.1) is 5.54 Å². The van der Waals surface area contributed by atoms with E-state index in [0.717, 1.165) is 0 Å². The van der Waals surface area contributed by atoms with Gasteiger partial charge in [-0.1, -0.05) is 5.92 Å². The largest absolute Gasteiger partial charge is 0.301 e. The zero-order chi connectivity index (χ0) is 10.1. The van der Waals surface area contributed by atoms with Gasteiger partial charge in [0.1, 0.15) is 0 Å². The fourth-order valence-electron chi connectivity index (χ4n) is 1.38. The number of halogens is 2. The molecule has 0 saturated heterocycles. The van der Waals surface area contributed by atoms with Crippen molar-refractivity contribution < 1.29 is 8.78 Å². The predicted octanol–water partition coefficient (Wildman–Crippen LogP) is 2.03. The third-order valence-electron chi connectivity index (χ3n) is 2.37. The molecule has 0 aromatic carbocycles. The van der Waals surface area contributed by atoms with E-state index in [2.05, 4.69) is 11.2 Å². The summed E-state index contributed by atoms with van der Waals surface area (Å²) in [6, 6.07) is 0. The first-order valence-corrected chi connectivity index (χ1v) is 4.45. The zero-order valence-corrected chi connectivity index (χ0v) is 8.03. The summed E-state index contributed by atoms with van der Waals surface area (Å²) in [5.74, 6) is 0.229. The summed E-state index contributed by atoms with van der Waals surface area (Å²) in [6.45, 7) is 4.32. The maximum absolute atomic E-state index is 12.4. The summed E-state index contributed by atoms with van der Waals surface area (Å²) in [6.07, 6.45) is 5.25. The molecule has 74 valence electrons. The van der Waals surface area contributed by atoms with Crippen LogP contribution in [0.25, 0.3) is 0 Å². The Kier molecular flexibility index (Phi) is 2.63. The van der Waals surface area contributed by atoms with Crippen molar-refractivity contribution in [2.45, 2.75) is 38.2 Å². The molecule has 0 atom stereocenters. The molecule has 1 fully saturated rings. The summed E-state index contributed by atoms with van der Waals surface area (Å²) in [5, 5.41) is 3.08. The average molecular weight is 187 g/mol. The predicted molar refractivity (Wildman–Crippen MR) is 48.6 cm³/mol. The molecule has 0 bridgehead atoms. The van der Waals surface area contributed by atoms with Crippen LogP contribution < -0.4 is 5.32 Å². The van der Waals surface area contributed by atoms with Gasteiger partial charge in [-0.3, -0.25) is 0 Å². The summed E-state index contributed by atoms with van der Waals surface area (Å²) < 4.78 is 24.8. The second kappa shape index (κ2) is 3.26. The maximum atomic E-state index is 12.4. The normalized spacial score (nSPS) is 22.1. The van der Waals surface area contributed by atoms with Crippen LogP contribution in [0.3, 0.4) is 0 Å². The molecule has 0 aromatic heterocycles. The molecule has 13 heavy (non-hydrogen) atoms. The molecule has 0 amide bonds. The van der Waals surface area contributed by atoms with Crippen LogP contribution in [-0.2, 0) is 0 Å². The minimum Gasteiger partial charge on any atom is -0.301 e. The van der Waals surface area contributed by atoms with Crippen molar-refractivity contribution in [3.63, 3.8) is 0 Å². The van der Waals surface area contributed by atoms with E-state index >= 15 is 0 Å². The van der Waals surface area contributed by atoms with Crippen LogP contribution in [0.1, 0.15) is 26.7 Å². The van der Waals surface area contributed by atoms with Crippen molar-refractivity contribution in [1.29, 1.82) is 0 Å². The van der Waals surface area contributed by atoms with Crippen molar-refractivity contribution in [1.82, 2.24) is 5.32 Å². The minimum absolute atomic E-state index is 0.000646. The van der Waals surface area contributed by atoms with Gasteiger partial charge in [0.2, 0.25) is 5.92 Å². The van der Waals surface area contributed by atoms with Crippen LogP contribution in [0.5, 0.6) is 0 Å². The molecular weight excluding hydrogens is 172 g/mol. The lowest BCUT2D eigenvalue weighted by Gasteiger charge is -2.36. The number of rotatable bonds is 3. The van der Waals surface area contributed by atoms with Crippen LogP contribution >= 0.6 is 0 Å². The number of nitrogens with one attached hydrogen (secondary N) is 1.